The molecule has 1 amide bonds. The van der Waals surface area contributed by atoms with Gasteiger partial charge in [-0.25, -0.2) is 13.1 Å². The van der Waals surface area contributed by atoms with Crippen LogP contribution in [0, 0.1) is 23.0 Å². The number of sulfonamides is 1. The molecular formula is C25H30ClN5O6S. The second kappa shape index (κ2) is 11.9. The Morgan fingerprint density at radius 1 is 1.21 bits per heavy atom. The Morgan fingerprint density at radius 2 is 1.92 bits per heavy atom. The molecular weight excluding hydrogens is 534 g/mol. The summed E-state index contributed by atoms with van der Waals surface area (Å²) in [5.74, 6) is -0.564. The number of carbonyl (C=O) groups excluding carboxylic acids is 1. The van der Waals surface area contributed by atoms with Gasteiger partial charge < -0.3 is 10.1 Å². The smallest absolute Gasteiger partial charge is 0.272 e. The Kier molecular flexibility index (Phi) is 9.13. The number of amides is 1. The summed E-state index contributed by atoms with van der Waals surface area (Å²) in [5, 5.41) is 19.1. The number of nitrogens with zero attached hydrogens (tertiary/aromatic N) is 3. The van der Waals surface area contributed by atoms with Gasteiger partial charge in [0, 0.05) is 35.3 Å². The van der Waals surface area contributed by atoms with Gasteiger partial charge in [-0.05, 0) is 50.5 Å². The maximum Gasteiger partial charge on any atom is 0.272 e. The summed E-state index contributed by atoms with van der Waals surface area (Å²) in [7, 11) is -4.20. The molecule has 0 aliphatic heterocycles. The molecule has 38 heavy (non-hydrogen) atoms. The number of halogens is 1. The van der Waals surface area contributed by atoms with Crippen LogP contribution < -0.4 is 14.8 Å². The monoisotopic (exact) mass is 563 g/mol. The van der Waals surface area contributed by atoms with Crippen LogP contribution in [0.15, 0.2) is 47.4 Å². The highest BCUT2D eigenvalue weighted by atomic mass is 35.5. The Balaban J connectivity index is 2.19. The lowest BCUT2D eigenvalue weighted by Crippen LogP contribution is -2.32. The first-order valence-electron chi connectivity index (χ1n) is 12.0. The van der Waals surface area contributed by atoms with Gasteiger partial charge in [-0.1, -0.05) is 38.4 Å². The lowest BCUT2D eigenvalue weighted by atomic mass is 10.2. The minimum absolute atomic E-state index is 0.00840. The molecule has 11 nitrogen and oxygen atoms in total. The summed E-state index contributed by atoms with van der Waals surface area (Å²) in [6.45, 7) is 9.17. The largest absolute Gasteiger partial charge is 0.437 e. The number of hydrogen-bond acceptors (Lipinski definition) is 7. The molecule has 2 aromatic carbocycles. The van der Waals surface area contributed by atoms with Crippen molar-refractivity contribution < 1.29 is 22.9 Å². The van der Waals surface area contributed by atoms with E-state index >= 15 is 0 Å². The van der Waals surface area contributed by atoms with Crippen molar-refractivity contribution >= 4 is 33.2 Å². The van der Waals surface area contributed by atoms with Gasteiger partial charge in [-0.3, -0.25) is 14.9 Å². The van der Waals surface area contributed by atoms with Gasteiger partial charge >= 0.3 is 0 Å². The van der Waals surface area contributed by atoms with Gasteiger partial charge in [0.05, 0.1) is 10.6 Å². The van der Waals surface area contributed by atoms with Crippen molar-refractivity contribution in [2.24, 2.45) is 5.92 Å². The number of nitrogens with one attached hydrogen (secondary N) is 2. The second-order valence-corrected chi connectivity index (χ2v) is 11.4. The Labute approximate surface area is 226 Å². The first kappa shape index (κ1) is 29.1. The van der Waals surface area contributed by atoms with Crippen LogP contribution in [0.5, 0.6) is 11.6 Å². The standard InChI is InChI=1S/C25H30ClN5O6S/c1-6-16(4)28-24(32)23-17(5)25(30(29-23)19-9-7-8-18(26)12-19)37-21-11-10-20(31(33)34)13-22(21)38(35,36)27-14-15(2)3/h7-13,15-16,27H,6,14H2,1-5H3,(H,28,32)/t16-/m1/s1. The van der Waals surface area contributed by atoms with Crippen LogP contribution in [0.25, 0.3) is 5.69 Å². The van der Waals surface area contributed by atoms with E-state index < -0.39 is 31.4 Å². The molecule has 0 unspecified atom stereocenters. The third kappa shape index (κ3) is 6.69. The number of nitro benzene ring substituents is 1. The fourth-order valence-corrected chi connectivity index (χ4v) is 4.90. The summed E-state index contributed by atoms with van der Waals surface area (Å²) < 4.78 is 36.2. The summed E-state index contributed by atoms with van der Waals surface area (Å²) in [6, 6.07) is 9.83. The van der Waals surface area contributed by atoms with Crippen molar-refractivity contribution in [3.05, 3.63) is 68.9 Å². The van der Waals surface area contributed by atoms with E-state index in [1.165, 1.54) is 10.7 Å². The van der Waals surface area contributed by atoms with E-state index in [4.69, 9.17) is 16.3 Å². The van der Waals surface area contributed by atoms with E-state index in [9.17, 15) is 23.3 Å². The third-order valence-electron chi connectivity index (χ3n) is 5.64. The molecule has 0 aliphatic carbocycles. The lowest BCUT2D eigenvalue weighted by molar-refractivity contribution is -0.385. The van der Waals surface area contributed by atoms with Gasteiger partial charge in [-0.15, -0.1) is 0 Å². The van der Waals surface area contributed by atoms with E-state index in [0.717, 1.165) is 12.1 Å². The summed E-state index contributed by atoms with van der Waals surface area (Å²) in [4.78, 5) is 23.3. The minimum atomic E-state index is -4.20. The Hall–Kier alpha value is -3.48. The van der Waals surface area contributed by atoms with Crippen LogP contribution in [0.3, 0.4) is 0 Å². The van der Waals surface area contributed by atoms with E-state index in [2.05, 4.69) is 15.1 Å². The molecule has 0 aliphatic rings. The molecule has 3 aromatic rings. The molecule has 3 rings (SSSR count). The number of non-ortho nitro benzene ring substituents is 1. The van der Waals surface area contributed by atoms with E-state index in [1.807, 2.05) is 27.7 Å². The predicted octanol–water partition coefficient (Wildman–Crippen LogP) is 5.00. The highest BCUT2D eigenvalue weighted by molar-refractivity contribution is 7.89. The number of benzene rings is 2. The second-order valence-electron chi connectivity index (χ2n) is 9.19. The van der Waals surface area contributed by atoms with E-state index in [0.29, 0.717) is 22.7 Å². The number of ether oxygens (including phenoxy) is 1. The molecule has 13 heteroatoms. The van der Waals surface area contributed by atoms with Crippen molar-refractivity contribution in [3.8, 4) is 17.3 Å². The SMILES string of the molecule is CC[C@@H](C)NC(=O)c1nn(-c2cccc(Cl)c2)c(Oc2ccc([N+](=O)[O-])cc2S(=O)(=O)NCC(C)C)c1C. The van der Waals surface area contributed by atoms with Crippen LogP contribution in [-0.4, -0.2) is 41.6 Å². The van der Waals surface area contributed by atoms with Crippen molar-refractivity contribution in [2.75, 3.05) is 6.54 Å². The molecule has 1 atom stereocenters. The normalized spacial score (nSPS) is 12.4. The molecule has 204 valence electrons. The highest BCUT2D eigenvalue weighted by Gasteiger charge is 2.28. The maximum atomic E-state index is 13.2. The number of hydrogen-bond donors (Lipinski definition) is 2. The Bertz CT molecular complexity index is 1450. The molecule has 0 saturated carbocycles. The van der Waals surface area contributed by atoms with Crippen LogP contribution in [0.1, 0.15) is 50.2 Å². The zero-order chi connectivity index (χ0) is 28.2. The van der Waals surface area contributed by atoms with Crippen LogP contribution >= 0.6 is 11.6 Å². The van der Waals surface area contributed by atoms with Crippen molar-refractivity contribution in [3.63, 3.8) is 0 Å². The molecule has 0 saturated heterocycles. The van der Waals surface area contributed by atoms with Gasteiger partial charge in [-0.2, -0.15) is 9.78 Å². The maximum absolute atomic E-state index is 13.2. The average Bonchev–Trinajstić information content (AvgIpc) is 3.18. The first-order valence-corrected chi connectivity index (χ1v) is 13.8. The van der Waals surface area contributed by atoms with Crippen LogP contribution in [0.2, 0.25) is 5.02 Å². The predicted molar refractivity (Wildman–Crippen MR) is 144 cm³/mol. The van der Waals surface area contributed by atoms with Gasteiger partial charge in [0.25, 0.3) is 11.6 Å². The number of aromatic nitrogens is 2. The van der Waals surface area contributed by atoms with E-state index in [-0.39, 0.29) is 35.8 Å². The first-order chi connectivity index (χ1) is 17.8. The fraction of sp³-hybridized carbons (Fsp3) is 0.360. The zero-order valence-electron chi connectivity index (χ0n) is 21.7. The summed E-state index contributed by atoms with van der Waals surface area (Å²) in [5.41, 5.74) is 0.450. The topological polar surface area (TPSA) is 145 Å². The molecule has 1 aromatic heterocycles. The fourth-order valence-electron chi connectivity index (χ4n) is 3.36. The van der Waals surface area contributed by atoms with E-state index in [1.54, 1.807) is 31.2 Å². The molecule has 0 spiro atoms. The number of carbonyl (C=O) groups is 1. The third-order valence-corrected chi connectivity index (χ3v) is 7.32. The van der Waals surface area contributed by atoms with Crippen molar-refractivity contribution in [1.29, 1.82) is 0 Å². The molecule has 0 bridgehead atoms. The zero-order valence-corrected chi connectivity index (χ0v) is 23.3. The molecule has 0 fully saturated rings. The Morgan fingerprint density at radius 3 is 2.53 bits per heavy atom. The number of rotatable bonds is 11. The van der Waals surface area contributed by atoms with Crippen molar-refractivity contribution in [2.45, 2.75) is 52.0 Å². The lowest BCUT2D eigenvalue weighted by Gasteiger charge is -2.15. The summed E-state index contributed by atoms with van der Waals surface area (Å²) in [6.07, 6.45) is 0.705. The summed E-state index contributed by atoms with van der Waals surface area (Å²) >= 11 is 6.18. The molecule has 0 radical (unpaired) electrons. The van der Waals surface area contributed by atoms with Gasteiger partial charge in [0.1, 0.15) is 10.6 Å². The average molecular weight is 564 g/mol. The molecule has 2 N–H and O–H groups in total. The van der Waals surface area contributed by atoms with Gasteiger partial charge in [0.2, 0.25) is 15.9 Å². The number of nitro groups is 1. The van der Waals surface area contributed by atoms with Crippen LogP contribution in [-0.2, 0) is 10.0 Å². The quantitative estimate of drug-likeness (QED) is 0.246. The van der Waals surface area contributed by atoms with Gasteiger partial charge in [0.15, 0.2) is 5.69 Å². The van der Waals surface area contributed by atoms with Crippen LogP contribution in [0.4, 0.5) is 5.69 Å². The highest BCUT2D eigenvalue weighted by Crippen LogP contribution is 2.36. The van der Waals surface area contributed by atoms with Crippen molar-refractivity contribution in [1.82, 2.24) is 19.8 Å². The molecule has 1 heterocycles. The minimum Gasteiger partial charge on any atom is -0.437 e.